The summed E-state index contributed by atoms with van der Waals surface area (Å²) in [5.74, 6) is 0.839. The largest absolute Gasteiger partial charge is 0.494 e. The lowest BCUT2D eigenvalue weighted by Gasteiger charge is -2.08. The molecule has 0 aliphatic rings. The summed E-state index contributed by atoms with van der Waals surface area (Å²) in [6.07, 6.45) is 1.31. The molecular weight excluding hydrogens is 188 g/mol. The molecule has 0 heterocycles. The topological polar surface area (TPSA) is 29.5 Å². The van der Waals surface area contributed by atoms with Crippen molar-refractivity contribution in [3.8, 4) is 5.75 Å². The van der Waals surface area contributed by atoms with Gasteiger partial charge in [0.2, 0.25) is 0 Å². The van der Waals surface area contributed by atoms with Gasteiger partial charge in [-0.2, -0.15) is 0 Å². The molecule has 1 atom stereocenters. The summed E-state index contributed by atoms with van der Waals surface area (Å²) in [4.78, 5) is 0. The second-order valence-corrected chi connectivity index (χ2v) is 3.69. The number of allylic oxidation sites excluding steroid dienone is 1. The zero-order chi connectivity index (χ0) is 11.3. The van der Waals surface area contributed by atoms with E-state index >= 15 is 0 Å². The van der Waals surface area contributed by atoms with Crippen molar-refractivity contribution in [2.75, 3.05) is 6.61 Å². The summed E-state index contributed by atoms with van der Waals surface area (Å²) in [7, 11) is 0. The minimum atomic E-state index is -0.523. The summed E-state index contributed by atoms with van der Waals surface area (Å²) in [6, 6.07) is 7.52. The van der Waals surface area contributed by atoms with Gasteiger partial charge in [0.1, 0.15) is 5.75 Å². The predicted molar refractivity (Wildman–Crippen MR) is 62.0 cm³/mol. The number of rotatable bonds is 4. The van der Waals surface area contributed by atoms with Gasteiger partial charge >= 0.3 is 0 Å². The van der Waals surface area contributed by atoms with Crippen molar-refractivity contribution in [1.82, 2.24) is 0 Å². The van der Waals surface area contributed by atoms with Gasteiger partial charge in [-0.05, 0) is 38.5 Å². The van der Waals surface area contributed by atoms with Crippen LogP contribution in [0.3, 0.4) is 0 Å². The molecule has 1 aromatic carbocycles. The number of ether oxygens (including phenoxy) is 1. The maximum atomic E-state index is 9.79. The Morgan fingerprint density at radius 3 is 2.40 bits per heavy atom. The molecule has 0 amide bonds. The summed E-state index contributed by atoms with van der Waals surface area (Å²) in [6.45, 7) is 6.55. The molecular formula is C13H18O2. The van der Waals surface area contributed by atoms with E-state index in [0.717, 1.165) is 16.9 Å². The van der Waals surface area contributed by atoms with Gasteiger partial charge in [0, 0.05) is 0 Å². The van der Waals surface area contributed by atoms with Crippen LogP contribution in [-0.2, 0) is 0 Å². The first-order valence-electron chi connectivity index (χ1n) is 5.19. The molecule has 1 N–H and O–H groups in total. The Balaban J connectivity index is 2.75. The van der Waals surface area contributed by atoms with Crippen molar-refractivity contribution in [3.05, 3.63) is 41.5 Å². The number of hydrogen-bond donors (Lipinski definition) is 1. The Morgan fingerprint density at radius 1 is 1.33 bits per heavy atom. The van der Waals surface area contributed by atoms with E-state index in [1.807, 2.05) is 51.1 Å². The fourth-order valence-electron chi connectivity index (χ4n) is 1.34. The van der Waals surface area contributed by atoms with Gasteiger partial charge in [0.15, 0.2) is 0 Å². The van der Waals surface area contributed by atoms with Crippen LogP contribution in [0, 0.1) is 0 Å². The van der Waals surface area contributed by atoms with Crippen LogP contribution in [0.1, 0.15) is 32.4 Å². The van der Waals surface area contributed by atoms with Gasteiger partial charge in [-0.15, -0.1) is 0 Å². The minimum absolute atomic E-state index is 0.523. The zero-order valence-electron chi connectivity index (χ0n) is 9.53. The van der Waals surface area contributed by atoms with Gasteiger partial charge in [-0.1, -0.05) is 23.8 Å². The maximum Gasteiger partial charge on any atom is 0.119 e. The van der Waals surface area contributed by atoms with E-state index < -0.39 is 6.10 Å². The third-order valence-corrected chi connectivity index (χ3v) is 2.02. The van der Waals surface area contributed by atoms with Crippen LogP contribution in [0.5, 0.6) is 5.75 Å². The number of aliphatic hydroxyl groups excluding tert-OH is 1. The second kappa shape index (κ2) is 5.56. The Bertz CT molecular complexity index is 321. The molecule has 0 saturated carbocycles. The molecule has 1 aromatic rings. The highest BCUT2D eigenvalue weighted by atomic mass is 16.5. The molecule has 0 fully saturated rings. The molecule has 2 heteroatoms. The van der Waals surface area contributed by atoms with E-state index in [2.05, 4.69) is 0 Å². The van der Waals surface area contributed by atoms with E-state index in [4.69, 9.17) is 4.74 Å². The third kappa shape index (κ3) is 3.76. The van der Waals surface area contributed by atoms with E-state index in [9.17, 15) is 5.11 Å². The molecule has 15 heavy (non-hydrogen) atoms. The molecule has 0 aromatic heterocycles. The molecule has 0 saturated heterocycles. The molecule has 0 aliphatic heterocycles. The van der Waals surface area contributed by atoms with Gasteiger partial charge in [0.05, 0.1) is 12.7 Å². The van der Waals surface area contributed by atoms with Crippen molar-refractivity contribution in [1.29, 1.82) is 0 Å². The Morgan fingerprint density at radius 2 is 1.93 bits per heavy atom. The number of hydrogen-bond acceptors (Lipinski definition) is 2. The van der Waals surface area contributed by atoms with Crippen LogP contribution in [0.15, 0.2) is 35.9 Å². The van der Waals surface area contributed by atoms with Crippen LogP contribution in [0.2, 0.25) is 0 Å². The quantitative estimate of drug-likeness (QED) is 0.767. The van der Waals surface area contributed by atoms with Gasteiger partial charge < -0.3 is 9.84 Å². The highest BCUT2D eigenvalue weighted by Crippen LogP contribution is 2.19. The monoisotopic (exact) mass is 206 g/mol. The van der Waals surface area contributed by atoms with Crippen molar-refractivity contribution in [3.63, 3.8) is 0 Å². The zero-order valence-corrected chi connectivity index (χ0v) is 9.53. The first-order valence-corrected chi connectivity index (χ1v) is 5.19. The maximum absolute atomic E-state index is 9.79. The van der Waals surface area contributed by atoms with Crippen molar-refractivity contribution >= 4 is 0 Å². The van der Waals surface area contributed by atoms with Crippen LogP contribution in [-0.4, -0.2) is 11.7 Å². The van der Waals surface area contributed by atoms with E-state index in [1.165, 1.54) is 0 Å². The average Bonchev–Trinajstić information content (AvgIpc) is 2.18. The van der Waals surface area contributed by atoms with E-state index in [-0.39, 0.29) is 0 Å². The van der Waals surface area contributed by atoms with Crippen LogP contribution >= 0.6 is 0 Å². The van der Waals surface area contributed by atoms with E-state index in [1.54, 1.807) is 0 Å². The van der Waals surface area contributed by atoms with Gasteiger partial charge in [0.25, 0.3) is 0 Å². The normalized spacial score (nSPS) is 12.0. The van der Waals surface area contributed by atoms with Crippen LogP contribution < -0.4 is 4.74 Å². The Kier molecular flexibility index (Phi) is 4.37. The molecule has 0 radical (unpaired) electrons. The Labute approximate surface area is 91.2 Å². The first-order chi connectivity index (χ1) is 7.13. The minimum Gasteiger partial charge on any atom is -0.494 e. The molecule has 82 valence electrons. The summed E-state index contributed by atoms with van der Waals surface area (Å²) in [5.41, 5.74) is 2.00. The summed E-state index contributed by atoms with van der Waals surface area (Å²) >= 11 is 0. The molecule has 0 bridgehead atoms. The fourth-order valence-corrected chi connectivity index (χ4v) is 1.34. The molecule has 1 unspecified atom stereocenters. The van der Waals surface area contributed by atoms with Crippen molar-refractivity contribution in [2.45, 2.75) is 26.9 Å². The highest BCUT2D eigenvalue weighted by Gasteiger charge is 2.03. The van der Waals surface area contributed by atoms with Crippen LogP contribution in [0.25, 0.3) is 0 Å². The lowest BCUT2D eigenvalue weighted by Crippen LogP contribution is -1.95. The predicted octanol–water partition coefficient (Wildman–Crippen LogP) is 3.08. The van der Waals surface area contributed by atoms with Gasteiger partial charge in [-0.3, -0.25) is 0 Å². The SMILES string of the molecule is CCOc1ccc(C(O)C=C(C)C)cc1. The molecule has 2 nitrogen and oxygen atoms in total. The number of benzene rings is 1. The highest BCUT2D eigenvalue weighted by molar-refractivity contribution is 5.30. The summed E-state index contributed by atoms with van der Waals surface area (Å²) < 4.78 is 5.32. The molecule has 1 rings (SSSR count). The standard InChI is InChI=1S/C13H18O2/c1-4-15-12-7-5-11(6-8-12)13(14)9-10(2)3/h5-9,13-14H,4H2,1-3H3. The lowest BCUT2D eigenvalue weighted by atomic mass is 10.1. The molecule has 0 aliphatic carbocycles. The lowest BCUT2D eigenvalue weighted by molar-refractivity contribution is 0.227. The average molecular weight is 206 g/mol. The van der Waals surface area contributed by atoms with E-state index in [0.29, 0.717) is 6.61 Å². The summed E-state index contributed by atoms with van der Waals surface area (Å²) in [5, 5.41) is 9.79. The van der Waals surface area contributed by atoms with Gasteiger partial charge in [-0.25, -0.2) is 0 Å². The molecule has 0 spiro atoms. The van der Waals surface area contributed by atoms with Crippen molar-refractivity contribution < 1.29 is 9.84 Å². The third-order valence-electron chi connectivity index (χ3n) is 2.02. The Hall–Kier alpha value is -1.28. The number of aliphatic hydroxyl groups is 1. The second-order valence-electron chi connectivity index (χ2n) is 3.69. The fraction of sp³-hybridized carbons (Fsp3) is 0.385. The first kappa shape index (κ1) is 11.8. The van der Waals surface area contributed by atoms with Crippen molar-refractivity contribution in [2.24, 2.45) is 0 Å². The smallest absolute Gasteiger partial charge is 0.119 e. The van der Waals surface area contributed by atoms with Crippen LogP contribution in [0.4, 0.5) is 0 Å².